The molecule has 3 amide bonds. The number of hydrogen-bond donors (Lipinski definition) is 3. The second-order valence-electron chi connectivity index (χ2n) is 7.26. The molecule has 2 atom stereocenters. The molecule has 2 aromatic rings. The molecule has 1 aliphatic heterocycles. The summed E-state index contributed by atoms with van der Waals surface area (Å²) in [5, 5.41) is 14.8. The van der Waals surface area contributed by atoms with Crippen molar-refractivity contribution in [2.45, 2.75) is 30.0 Å². The summed E-state index contributed by atoms with van der Waals surface area (Å²) in [6.45, 7) is -0.908. The second-order valence-corrected chi connectivity index (χ2v) is 9.59. The van der Waals surface area contributed by atoms with Crippen molar-refractivity contribution in [2.24, 2.45) is 0 Å². The summed E-state index contributed by atoms with van der Waals surface area (Å²) in [6, 6.07) is 12.3. The summed E-state index contributed by atoms with van der Waals surface area (Å²) >= 11 is 5.79. The van der Waals surface area contributed by atoms with E-state index >= 15 is 0 Å². The van der Waals surface area contributed by atoms with Crippen LogP contribution in [-0.2, 0) is 30.9 Å². The summed E-state index contributed by atoms with van der Waals surface area (Å²) < 4.78 is 31.6. The Hall–Kier alpha value is -2.99. The van der Waals surface area contributed by atoms with Crippen LogP contribution in [0.2, 0.25) is 5.02 Å². The van der Waals surface area contributed by atoms with E-state index in [4.69, 9.17) is 16.3 Å². The summed E-state index contributed by atoms with van der Waals surface area (Å²) in [4.78, 5) is 36.1. The molecule has 0 aromatic heterocycles. The minimum atomic E-state index is -4.12. The molecule has 1 aliphatic rings. The lowest BCUT2D eigenvalue weighted by Gasteiger charge is -2.22. The maximum absolute atomic E-state index is 12.9. The van der Waals surface area contributed by atoms with E-state index in [0.717, 1.165) is 9.87 Å². The van der Waals surface area contributed by atoms with Gasteiger partial charge in [0.25, 0.3) is 5.91 Å². The topological polar surface area (TPSA) is 142 Å². The normalized spacial score (nSPS) is 18.5. The highest BCUT2D eigenvalue weighted by Gasteiger charge is 2.44. The number of rotatable bonds is 7. The van der Waals surface area contributed by atoms with Crippen molar-refractivity contribution in [3.63, 3.8) is 0 Å². The number of aliphatic hydroxyl groups is 1. The Morgan fingerprint density at radius 2 is 1.76 bits per heavy atom. The second kappa shape index (κ2) is 10.8. The fourth-order valence-corrected chi connectivity index (χ4v) is 4.98. The lowest BCUT2D eigenvalue weighted by atomic mass is 10.2. The van der Waals surface area contributed by atoms with E-state index < -0.39 is 46.7 Å². The van der Waals surface area contributed by atoms with Crippen LogP contribution in [0.5, 0.6) is 0 Å². The predicted molar refractivity (Wildman–Crippen MR) is 118 cm³/mol. The lowest BCUT2D eigenvalue weighted by molar-refractivity contribution is -0.151. The average Bonchev–Trinajstić information content (AvgIpc) is 3.20. The molecule has 2 aromatic carbocycles. The minimum absolute atomic E-state index is 0.105. The van der Waals surface area contributed by atoms with Crippen molar-refractivity contribution in [1.29, 1.82) is 0 Å². The lowest BCUT2D eigenvalue weighted by Crippen LogP contribution is -2.44. The third-order valence-corrected chi connectivity index (χ3v) is 6.96. The number of β-amino-alcohol motifs (C(OH)–C–C–N with tert-alkyl or cyclic N) is 1. The van der Waals surface area contributed by atoms with Crippen LogP contribution in [0.25, 0.3) is 0 Å². The number of amides is 3. The van der Waals surface area contributed by atoms with Crippen LogP contribution in [0.15, 0.2) is 59.5 Å². The van der Waals surface area contributed by atoms with Crippen molar-refractivity contribution in [1.82, 2.24) is 14.9 Å². The van der Waals surface area contributed by atoms with Gasteiger partial charge in [0.1, 0.15) is 6.04 Å². The van der Waals surface area contributed by atoms with Gasteiger partial charge in [0.05, 0.1) is 11.0 Å². The number of benzene rings is 2. The number of carbonyl (C=O) groups is 3. The first kappa shape index (κ1) is 24.6. The number of carbonyl (C=O) groups excluding carboxylic acids is 3. The van der Waals surface area contributed by atoms with Crippen LogP contribution in [0.3, 0.4) is 0 Å². The Balaban J connectivity index is 1.54. The van der Waals surface area contributed by atoms with Crippen molar-refractivity contribution >= 4 is 39.5 Å². The number of urea groups is 1. The number of aliphatic hydroxyl groups excluding tert-OH is 1. The monoisotopic (exact) mass is 495 g/mol. The molecule has 176 valence electrons. The number of sulfonamides is 1. The maximum atomic E-state index is 12.9. The molecular weight excluding hydrogens is 474 g/mol. The van der Waals surface area contributed by atoms with Crippen molar-refractivity contribution in [2.75, 3.05) is 13.2 Å². The van der Waals surface area contributed by atoms with Gasteiger partial charge in [0, 0.05) is 24.5 Å². The molecule has 0 spiro atoms. The largest absolute Gasteiger partial charge is 0.454 e. The molecule has 0 bridgehead atoms. The zero-order valence-electron chi connectivity index (χ0n) is 17.3. The summed E-state index contributed by atoms with van der Waals surface area (Å²) in [5.74, 6) is -1.90. The molecule has 3 N–H and O–H groups in total. The number of esters is 1. The molecule has 2 unspecified atom stereocenters. The number of hydrogen-bond acceptors (Lipinski definition) is 7. The molecular formula is C21H22ClN3O7S. The Bertz CT molecular complexity index is 1110. The summed E-state index contributed by atoms with van der Waals surface area (Å²) in [5.41, 5.74) is 0.827. The standard InChI is InChI=1S/C21H22ClN3O7S/c22-15-6-8-17(9-7-15)33(30,31)25-12-16(26)10-18(25)20(28)32-13-19(27)24-21(29)23-11-14-4-2-1-3-5-14/h1-9,16,18,26H,10-13H2,(H2,23,24,27,29). The Morgan fingerprint density at radius 1 is 1.09 bits per heavy atom. The van der Waals surface area contributed by atoms with E-state index in [1.807, 2.05) is 11.4 Å². The van der Waals surface area contributed by atoms with Crippen molar-refractivity contribution in [3.8, 4) is 0 Å². The van der Waals surface area contributed by atoms with Crippen molar-refractivity contribution < 1.29 is 32.6 Å². The fraction of sp³-hybridized carbons (Fsp3) is 0.286. The van der Waals surface area contributed by atoms with E-state index in [1.165, 1.54) is 24.3 Å². The molecule has 0 saturated carbocycles. The third kappa shape index (κ3) is 6.51. The zero-order valence-corrected chi connectivity index (χ0v) is 18.9. The maximum Gasteiger partial charge on any atom is 0.325 e. The summed E-state index contributed by atoms with van der Waals surface area (Å²) in [6.07, 6.45) is -1.27. The highest BCUT2D eigenvalue weighted by atomic mass is 35.5. The molecule has 1 fully saturated rings. The Kier molecular flexibility index (Phi) is 8.03. The van der Waals surface area contributed by atoms with Crippen LogP contribution in [0, 0.1) is 0 Å². The zero-order chi connectivity index (χ0) is 24.0. The van der Waals surface area contributed by atoms with Gasteiger partial charge < -0.3 is 15.2 Å². The third-order valence-electron chi connectivity index (χ3n) is 4.82. The van der Waals surface area contributed by atoms with Crippen LogP contribution in [-0.4, -0.2) is 61.0 Å². The van der Waals surface area contributed by atoms with Gasteiger partial charge in [-0.05, 0) is 29.8 Å². The number of halogens is 1. The highest BCUT2D eigenvalue weighted by molar-refractivity contribution is 7.89. The molecule has 3 rings (SSSR count). The van der Waals surface area contributed by atoms with E-state index in [9.17, 15) is 27.9 Å². The summed E-state index contributed by atoms with van der Waals surface area (Å²) in [7, 11) is -4.12. The first-order valence-corrected chi connectivity index (χ1v) is 11.7. The van der Waals surface area contributed by atoms with E-state index in [0.29, 0.717) is 5.02 Å². The smallest absolute Gasteiger partial charge is 0.325 e. The Morgan fingerprint density at radius 3 is 2.42 bits per heavy atom. The van der Waals surface area contributed by atoms with Gasteiger partial charge in [-0.25, -0.2) is 13.2 Å². The van der Waals surface area contributed by atoms with Gasteiger partial charge in [0.15, 0.2) is 6.61 Å². The van der Waals surface area contributed by atoms with Gasteiger partial charge in [-0.1, -0.05) is 41.9 Å². The molecule has 10 nitrogen and oxygen atoms in total. The van der Waals surface area contributed by atoms with Gasteiger partial charge in [-0.15, -0.1) is 0 Å². The molecule has 1 saturated heterocycles. The molecule has 0 aliphatic carbocycles. The predicted octanol–water partition coefficient (Wildman–Crippen LogP) is 1.03. The van der Waals surface area contributed by atoms with Gasteiger partial charge >= 0.3 is 12.0 Å². The number of ether oxygens (including phenoxy) is 1. The van der Waals surface area contributed by atoms with E-state index in [-0.39, 0.29) is 24.4 Å². The average molecular weight is 496 g/mol. The van der Waals surface area contributed by atoms with Gasteiger partial charge in [-0.2, -0.15) is 4.31 Å². The first-order valence-electron chi connectivity index (χ1n) is 9.90. The molecule has 33 heavy (non-hydrogen) atoms. The number of nitrogens with zero attached hydrogens (tertiary/aromatic N) is 1. The molecule has 1 heterocycles. The van der Waals surface area contributed by atoms with Crippen LogP contribution >= 0.6 is 11.6 Å². The molecule has 0 radical (unpaired) electrons. The first-order chi connectivity index (χ1) is 15.7. The van der Waals surface area contributed by atoms with Gasteiger partial charge in [0.2, 0.25) is 10.0 Å². The van der Waals surface area contributed by atoms with E-state index in [2.05, 4.69) is 5.32 Å². The minimum Gasteiger partial charge on any atom is -0.454 e. The van der Waals surface area contributed by atoms with Crippen LogP contribution in [0.4, 0.5) is 4.79 Å². The number of nitrogens with one attached hydrogen (secondary N) is 2. The highest BCUT2D eigenvalue weighted by Crippen LogP contribution is 2.28. The fourth-order valence-electron chi connectivity index (χ4n) is 3.22. The van der Waals surface area contributed by atoms with Crippen molar-refractivity contribution in [3.05, 3.63) is 65.2 Å². The SMILES string of the molecule is O=C(COC(=O)C1CC(O)CN1S(=O)(=O)c1ccc(Cl)cc1)NC(=O)NCc1ccccc1. The van der Waals surface area contributed by atoms with Crippen LogP contribution in [0.1, 0.15) is 12.0 Å². The molecule has 12 heteroatoms. The van der Waals surface area contributed by atoms with Crippen LogP contribution < -0.4 is 10.6 Å². The number of imide groups is 1. The van der Waals surface area contributed by atoms with E-state index in [1.54, 1.807) is 24.3 Å². The van der Waals surface area contributed by atoms with Gasteiger partial charge in [-0.3, -0.25) is 14.9 Å². The Labute approximate surface area is 195 Å². The quantitative estimate of drug-likeness (QED) is 0.487.